The quantitative estimate of drug-likeness (QED) is 0.479. The van der Waals surface area contributed by atoms with Crippen molar-refractivity contribution in [3.8, 4) is 0 Å². The number of nitrogens with one attached hydrogen (secondary N) is 1. The average Bonchev–Trinajstić information content (AvgIpc) is 2.25. The summed E-state index contributed by atoms with van der Waals surface area (Å²) in [5.41, 5.74) is 1.04. The van der Waals surface area contributed by atoms with Crippen molar-refractivity contribution in [2.75, 3.05) is 0 Å². The Morgan fingerprint density at radius 3 is 2.57 bits per heavy atom. The van der Waals surface area contributed by atoms with Gasteiger partial charge in [-0.2, -0.15) is 0 Å². The highest BCUT2D eigenvalue weighted by Crippen LogP contribution is 2.25. The highest BCUT2D eigenvalue weighted by atomic mass is 14.4. The molecule has 0 atom stereocenters. The first-order valence-electron chi connectivity index (χ1n) is 6.23. The summed E-state index contributed by atoms with van der Waals surface area (Å²) in [4.78, 5) is 0. The van der Waals surface area contributed by atoms with Gasteiger partial charge in [-0.25, -0.2) is 0 Å². The van der Waals surface area contributed by atoms with Gasteiger partial charge in [0.05, 0.1) is 0 Å². The maximum atomic E-state index is 8.00. The molecule has 1 saturated carbocycles. The summed E-state index contributed by atoms with van der Waals surface area (Å²) in [5, 5.41) is 8.00. The van der Waals surface area contributed by atoms with Crippen molar-refractivity contribution < 1.29 is 0 Å². The highest BCUT2D eigenvalue weighted by Gasteiger charge is 2.17. The van der Waals surface area contributed by atoms with Crippen LogP contribution in [0.3, 0.4) is 0 Å². The Morgan fingerprint density at radius 2 is 1.93 bits per heavy atom. The van der Waals surface area contributed by atoms with E-state index in [-0.39, 0.29) is 0 Å². The van der Waals surface area contributed by atoms with Crippen molar-refractivity contribution in [1.82, 2.24) is 0 Å². The molecule has 1 nitrogen and oxygen atoms in total. The molecule has 1 rings (SSSR count). The summed E-state index contributed by atoms with van der Waals surface area (Å²) in [6, 6.07) is 0. The zero-order chi connectivity index (χ0) is 10.2. The largest absolute Gasteiger partial charge is 0.309 e. The summed E-state index contributed by atoms with van der Waals surface area (Å²) in [6.45, 7) is 2.24. The molecule has 1 N–H and O–H groups in total. The zero-order valence-corrected chi connectivity index (χ0v) is 9.52. The molecule has 1 radical (unpaired) electrons. The number of hydrogen-bond acceptors (Lipinski definition) is 1. The molecular weight excluding hydrogens is 170 g/mol. The minimum Gasteiger partial charge on any atom is -0.309 e. The fraction of sp³-hybridized carbons (Fsp3) is 0.846. The van der Waals surface area contributed by atoms with Crippen molar-refractivity contribution in [2.24, 2.45) is 5.92 Å². The van der Waals surface area contributed by atoms with E-state index in [4.69, 9.17) is 5.41 Å². The Morgan fingerprint density at radius 1 is 1.21 bits per heavy atom. The number of unbranched alkanes of at least 4 members (excludes halogenated alkanes) is 3. The Labute approximate surface area is 88.8 Å². The zero-order valence-electron chi connectivity index (χ0n) is 9.52. The average molecular weight is 194 g/mol. The van der Waals surface area contributed by atoms with Gasteiger partial charge in [0.2, 0.25) is 0 Å². The lowest BCUT2D eigenvalue weighted by Crippen LogP contribution is -2.16. The third-order valence-electron chi connectivity index (χ3n) is 3.23. The van der Waals surface area contributed by atoms with E-state index in [1.807, 2.05) is 0 Å². The maximum Gasteiger partial charge on any atom is 0.0120 e. The molecule has 1 fully saturated rings. The van der Waals surface area contributed by atoms with Crippen LogP contribution in [0.1, 0.15) is 64.7 Å². The minimum absolute atomic E-state index is 0.627. The molecule has 1 heteroatoms. The summed E-state index contributed by atoms with van der Waals surface area (Å²) in [6.07, 6.45) is 13.6. The van der Waals surface area contributed by atoms with E-state index in [0.29, 0.717) is 5.92 Å². The molecule has 0 spiro atoms. The molecule has 0 aliphatic heterocycles. The minimum atomic E-state index is 0.627. The van der Waals surface area contributed by atoms with Crippen LogP contribution < -0.4 is 0 Å². The van der Waals surface area contributed by atoms with Gasteiger partial charge in [-0.15, -0.1) is 0 Å². The van der Waals surface area contributed by atoms with Crippen LogP contribution in [0.5, 0.6) is 0 Å². The number of rotatable bonds is 6. The van der Waals surface area contributed by atoms with Gasteiger partial charge in [0.15, 0.2) is 0 Å². The lowest BCUT2D eigenvalue weighted by atomic mass is 9.84. The van der Waals surface area contributed by atoms with Crippen molar-refractivity contribution in [3.05, 3.63) is 6.42 Å². The van der Waals surface area contributed by atoms with Gasteiger partial charge in [0.25, 0.3) is 0 Å². The molecule has 0 bridgehead atoms. The second-order valence-electron chi connectivity index (χ2n) is 4.48. The molecule has 0 amide bonds. The molecule has 0 heterocycles. The monoisotopic (exact) mass is 194 g/mol. The van der Waals surface area contributed by atoms with Gasteiger partial charge >= 0.3 is 0 Å². The molecular formula is C13H24N. The molecule has 0 aromatic carbocycles. The highest BCUT2D eigenvalue weighted by molar-refractivity contribution is 5.83. The molecule has 0 aromatic rings. The lowest BCUT2D eigenvalue weighted by molar-refractivity contribution is 0.497. The third kappa shape index (κ3) is 4.26. The van der Waals surface area contributed by atoms with Gasteiger partial charge in [0, 0.05) is 5.71 Å². The van der Waals surface area contributed by atoms with Crippen molar-refractivity contribution in [2.45, 2.75) is 64.7 Å². The van der Waals surface area contributed by atoms with Crippen LogP contribution in [-0.2, 0) is 0 Å². The van der Waals surface area contributed by atoms with Gasteiger partial charge in [-0.3, -0.25) is 0 Å². The topological polar surface area (TPSA) is 23.9 Å². The van der Waals surface area contributed by atoms with Gasteiger partial charge in [-0.05, 0) is 50.9 Å². The van der Waals surface area contributed by atoms with Crippen LogP contribution >= 0.6 is 0 Å². The van der Waals surface area contributed by atoms with Crippen LogP contribution in [0.25, 0.3) is 0 Å². The van der Waals surface area contributed by atoms with Crippen LogP contribution in [0.4, 0.5) is 0 Å². The Balaban J connectivity index is 2.07. The predicted octanol–water partition coefficient (Wildman–Crippen LogP) is 4.37. The first-order valence-corrected chi connectivity index (χ1v) is 6.23. The van der Waals surface area contributed by atoms with Gasteiger partial charge in [0.1, 0.15) is 0 Å². The fourth-order valence-electron chi connectivity index (χ4n) is 2.22. The molecule has 1 aliphatic carbocycles. The van der Waals surface area contributed by atoms with E-state index in [1.165, 1.54) is 51.4 Å². The molecule has 1 aliphatic rings. The normalized spacial score (nSPS) is 18.4. The van der Waals surface area contributed by atoms with E-state index in [2.05, 4.69) is 13.3 Å². The first-order chi connectivity index (χ1) is 6.84. The second-order valence-corrected chi connectivity index (χ2v) is 4.48. The fourth-order valence-corrected chi connectivity index (χ4v) is 2.22. The Bertz CT molecular complexity index is 157. The number of hydrogen-bond donors (Lipinski definition) is 1. The van der Waals surface area contributed by atoms with Crippen LogP contribution in [0.2, 0.25) is 0 Å². The van der Waals surface area contributed by atoms with Gasteiger partial charge < -0.3 is 5.41 Å². The summed E-state index contributed by atoms with van der Waals surface area (Å²) in [5.74, 6) is 0.627. The SMILES string of the molecule is CCCCCCC(=N)C1CC[CH]CC1. The lowest BCUT2D eigenvalue weighted by Gasteiger charge is -2.22. The maximum absolute atomic E-state index is 8.00. The van der Waals surface area contributed by atoms with Crippen LogP contribution in [0.15, 0.2) is 0 Å². The smallest absolute Gasteiger partial charge is 0.0120 e. The Hall–Kier alpha value is -0.330. The van der Waals surface area contributed by atoms with Crippen molar-refractivity contribution in [1.29, 1.82) is 5.41 Å². The van der Waals surface area contributed by atoms with E-state index < -0.39 is 0 Å². The summed E-state index contributed by atoms with van der Waals surface area (Å²) >= 11 is 0. The van der Waals surface area contributed by atoms with E-state index in [1.54, 1.807) is 0 Å². The van der Waals surface area contributed by atoms with Crippen molar-refractivity contribution in [3.63, 3.8) is 0 Å². The standard InChI is InChI=1S/C13H24N/c1-2-3-4-8-11-13(14)12-9-6-5-7-10-12/h5,12,14H,2-4,6-11H2,1H3. The van der Waals surface area contributed by atoms with Crippen LogP contribution in [0, 0.1) is 17.7 Å². The predicted molar refractivity (Wildman–Crippen MR) is 62.7 cm³/mol. The summed E-state index contributed by atoms with van der Waals surface area (Å²) < 4.78 is 0. The van der Waals surface area contributed by atoms with Crippen LogP contribution in [-0.4, -0.2) is 5.71 Å². The van der Waals surface area contributed by atoms with E-state index in [0.717, 1.165) is 12.1 Å². The molecule has 0 aromatic heterocycles. The van der Waals surface area contributed by atoms with E-state index in [9.17, 15) is 0 Å². The Kier molecular flexibility index (Phi) is 5.89. The van der Waals surface area contributed by atoms with Gasteiger partial charge in [-0.1, -0.05) is 26.2 Å². The van der Waals surface area contributed by atoms with E-state index >= 15 is 0 Å². The first kappa shape index (κ1) is 11.7. The summed E-state index contributed by atoms with van der Waals surface area (Å²) in [7, 11) is 0. The molecule has 0 saturated heterocycles. The third-order valence-corrected chi connectivity index (χ3v) is 3.23. The molecule has 81 valence electrons. The molecule has 0 unspecified atom stereocenters. The second kappa shape index (κ2) is 7.03. The van der Waals surface area contributed by atoms with Crippen molar-refractivity contribution >= 4 is 5.71 Å². The molecule has 14 heavy (non-hydrogen) atoms.